The fraction of sp³-hybridized carbons (Fsp3) is 0.333. The fourth-order valence-corrected chi connectivity index (χ4v) is 2.86. The van der Waals surface area contributed by atoms with E-state index in [4.69, 9.17) is 0 Å². The Morgan fingerprint density at radius 1 is 1.05 bits per heavy atom. The molecule has 1 aliphatic heterocycles. The molecule has 3 nitrogen and oxygen atoms in total. The Morgan fingerprint density at radius 3 is 2.48 bits per heavy atom. The minimum Gasteiger partial charge on any atom is -0.508 e. The molecule has 0 aromatic heterocycles. The molecule has 0 amide bonds. The van der Waals surface area contributed by atoms with Crippen molar-refractivity contribution in [2.75, 3.05) is 23.3 Å². The molecule has 3 heteroatoms. The minimum absolute atomic E-state index is 0.208. The number of hydrogen-bond donors (Lipinski definition) is 2. The third-order valence-corrected chi connectivity index (χ3v) is 4.09. The van der Waals surface area contributed by atoms with Gasteiger partial charge in [-0.05, 0) is 55.7 Å². The lowest BCUT2D eigenvalue weighted by Crippen LogP contribution is -2.17. The molecule has 1 saturated heterocycles. The molecule has 3 rings (SSSR count). The van der Waals surface area contributed by atoms with Crippen molar-refractivity contribution in [3.05, 3.63) is 54.1 Å². The monoisotopic (exact) mass is 282 g/mol. The van der Waals surface area contributed by atoms with Gasteiger partial charge in [0.15, 0.2) is 0 Å². The van der Waals surface area contributed by atoms with E-state index in [9.17, 15) is 5.11 Å². The first-order chi connectivity index (χ1) is 10.2. The number of phenols is 1. The molecule has 0 saturated carbocycles. The number of anilines is 2. The average Bonchev–Trinajstić information content (AvgIpc) is 3.02. The van der Waals surface area contributed by atoms with Gasteiger partial charge in [0.2, 0.25) is 0 Å². The maximum absolute atomic E-state index is 9.36. The van der Waals surface area contributed by atoms with Crippen LogP contribution in [0.5, 0.6) is 5.75 Å². The van der Waals surface area contributed by atoms with E-state index < -0.39 is 0 Å². The normalized spacial score (nSPS) is 16.0. The van der Waals surface area contributed by atoms with Gasteiger partial charge in [0.05, 0.1) is 0 Å². The molecule has 1 heterocycles. The number of nitrogens with zero attached hydrogens (tertiary/aromatic N) is 1. The minimum atomic E-state index is 0.208. The van der Waals surface area contributed by atoms with Gasteiger partial charge in [-0.3, -0.25) is 0 Å². The molecule has 21 heavy (non-hydrogen) atoms. The maximum Gasteiger partial charge on any atom is 0.115 e. The van der Waals surface area contributed by atoms with Gasteiger partial charge in [0.1, 0.15) is 5.75 Å². The van der Waals surface area contributed by atoms with Crippen LogP contribution in [-0.4, -0.2) is 18.2 Å². The molecular weight excluding hydrogens is 260 g/mol. The molecular formula is C18H22N2O. The molecule has 2 aromatic carbocycles. The molecule has 0 bridgehead atoms. The summed E-state index contributed by atoms with van der Waals surface area (Å²) in [5, 5.41) is 12.9. The average molecular weight is 282 g/mol. The number of hydrogen-bond acceptors (Lipinski definition) is 3. The van der Waals surface area contributed by atoms with Crippen molar-refractivity contribution in [2.45, 2.75) is 25.8 Å². The fourth-order valence-electron chi connectivity index (χ4n) is 2.86. The highest BCUT2D eigenvalue weighted by Gasteiger charge is 2.13. The maximum atomic E-state index is 9.36. The van der Waals surface area contributed by atoms with Crippen LogP contribution in [0.3, 0.4) is 0 Å². The molecule has 1 unspecified atom stereocenters. The number of nitrogens with one attached hydrogen (secondary N) is 1. The molecule has 1 aliphatic rings. The van der Waals surface area contributed by atoms with Gasteiger partial charge in [0.25, 0.3) is 0 Å². The summed E-state index contributed by atoms with van der Waals surface area (Å²) in [5.74, 6) is 0.307. The Bertz CT molecular complexity index is 588. The van der Waals surface area contributed by atoms with Crippen molar-refractivity contribution in [1.29, 1.82) is 0 Å². The summed E-state index contributed by atoms with van der Waals surface area (Å²) in [6.45, 7) is 4.46. The highest BCUT2D eigenvalue weighted by molar-refractivity contribution is 5.59. The van der Waals surface area contributed by atoms with E-state index in [1.54, 1.807) is 12.1 Å². The van der Waals surface area contributed by atoms with E-state index in [0.717, 1.165) is 18.8 Å². The van der Waals surface area contributed by atoms with Crippen molar-refractivity contribution in [3.63, 3.8) is 0 Å². The lowest BCUT2D eigenvalue weighted by molar-refractivity contribution is 0.475. The second kappa shape index (κ2) is 6.08. The zero-order valence-corrected chi connectivity index (χ0v) is 12.4. The summed E-state index contributed by atoms with van der Waals surface area (Å²) in [6.07, 6.45) is 2.59. The van der Waals surface area contributed by atoms with Crippen LogP contribution in [-0.2, 0) is 0 Å². The third kappa shape index (κ3) is 3.30. The summed E-state index contributed by atoms with van der Waals surface area (Å²) < 4.78 is 0. The SMILES string of the molecule is CC(Nc1cccc(N2CCCC2)c1)c1ccc(O)cc1. The highest BCUT2D eigenvalue weighted by Crippen LogP contribution is 2.26. The molecule has 0 spiro atoms. The summed E-state index contributed by atoms with van der Waals surface area (Å²) in [5.41, 5.74) is 3.61. The second-order valence-corrected chi connectivity index (χ2v) is 5.70. The Kier molecular flexibility index (Phi) is 4.00. The molecule has 2 N–H and O–H groups in total. The number of aromatic hydroxyl groups is 1. The van der Waals surface area contributed by atoms with Gasteiger partial charge in [-0.25, -0.2) is 0 Å². The standard InChI is InChI=1S/C18H22N2O/c1-14(15-7-9-18(21)10-8-15)19-16-5-4-6-17(13-16)20-11-2-3-12-20/h4-10,13-14,19,21H,2-3,11-12H2,1H3. The lowest BCUT2D eigenvalue weighted by atomic mass is 10.1. The predicted octanol–water partition coefficient (Wildman–Crippen LogP) is 4.17. The van der Waals surface area contributed by atoms with Crippen LogP contribution in [0.4, 0.5) is 11.4 Å². The second-order valence-electron chi connectivity index (χ2n) is 5.70. The molecule has 0 aliphatic carbocycles. The predicted molar refractivity (Wildman–Crippen MR) is 88.0 cm³/mol. The molecule has 1 fully saturated rings. The van der Waals surface area contributed by atoms with E-state index >= 15 is 0 Å². The zero-order chi connectivity index (χ0) is 14.7. The largest absolute Gasteiger partial charge is 0.508 e. The van der Waals surface area contributed by atoms with Crippen LogP contribution in [0.25, 0.3) is 0 Å². The van der Waals surface area contributed by atoms with E-state index in [-0.39, 0.29) is 6.04 Å². The van der Waals surface area contributed by atoms with E-state index in [0.29, 0.717) is 5.75 Å². The first-order valence-corrected chi connectivity index (χ1v) is 7.63. The van der Waals surface area contributed by atoms with Gasteiger partial charge in [0, 0.05) is 30.5 Å². The molecule has 2 aromatic rings. The van der Waals surface area contributed by atoms with E-state index in [2.05, 4.69) is 41.4 Å². The van der Waals surface area contributed by atoms with E-state index in [1.807, 2.05) is 12.1 Å². The van der Waals surface area contributed by atoms with Crippen molar-refractivity contribution >= 4 is 11.4 Å². The smallest absolute Gasteiger partial charge is 0.115 e. The molecule has 0 radical (unpaired) electrons. The van der Waals surface area contributed by atoms with Gasteiger partial charge < -0.3 is 15.3 Å². The van der Waals surface area contributed by atoms with Gasteiger partial charge >= 0.3 is 0 Å². The van der Waals surface area contributed by atoms with Crippen molar-refractivity contribution in [2.24, 2.45) is 0 Å². The van der Waals surface area contributed by atoms with Crippen molar-refractivity contribution < 1.29 is 5.11 Å². The molecule has 1 atom stereocenters. The van der Waals surface area contributed by atoms with Crippen LogP contribution in [0, 0.1) is 0 Å². The number of rotatable bonds is 4. The van der Waals surface area contributed by atoms with Gasteiger partial charge in [-0.1, -0.05) is 18.2 Å². The molecule has 110 valence electrons. The summed E-state index contributed by atoms with van der Waals surface area (Å²) in [4.78, 5) is 2.44. The summed E-state index contributed by atoms with van der Waals surface area (Å²) in [7, 11) is 0. The van der Waals surface area contributed by atoms with Crippen LogP contribution in [0.2, 0.25) is 0 Å². The van der Waals surface area contributed by atoms with Gasteiger partial charge in [-0.15, -0.1) is 0 Å². The van der Waals surface area contributed by atoms with Crippen molar-refractivity contribution in [1.82, 2.24) is 0 Å². The highest BCUT2D eigenvalue weighted by atomic mass is 16.3. The van der Waals surface area contributed by atoms with Crippen LogP contribution < -0.4 is 10.2 Å². The third-order valence-electron chi connectivity index (χ3n) is 4.09. The Hall–Kier alpha value is -2.16. The summed E-state index contributed by atoms with van der Waals surface area (Å²) >= 11 is 0. The number of benzene rings is 2. The Balaban J connectivity index is 1.72. The first kappa shape index (κ1) is 13.8. The van der Waals surface area contributed by atoms with Crippen LogP contribution in [0.1, 0.15) is 31.4 Å². The quantitative estimate of drug-likeness (QED) is 0.883. The first-order valence-electron chi connectivity index (χ1n) is 7.63. The Morgan fingerprint density at radius 2 is 1.76 bits per heavy atom. The van der Waals surface area contributed by atoms with E-state index in [1.165, 1.54) is 24.1 Å². The number of phenolic OH excluding ortho intramolecular Hbond substituents is 1. The zero-order valence-electron chi connectivity index (χ0n) is 12.4. The van der Waals surface area contributed by atoms with Crippen molar-refractivity contribution in [3.8, 4) is 5.75 Å². The van der Waals surface area contributed by atoms with Gasteiger partial charge in [-0.2, -0.15) is 0 Å². The van der Waals surface area contributed by atoms with Crippen LogP contribution in [0.15, 0.2) is 48.5 Å². The topological polar surface area (TPSA) is 35.5 Å². The van der Waals surface area contributed by atoms with Crippen LogP contribution >= 0.6 is 0 Å². The Labute approximate surface area is 126 Å². The summed E-state index contributed by atoms with van der Waals surface area (Å²) in [6, 6.07) is 16.2. The lowest BCUT2D eigenvalue weighted by Gasteiger charge is -2.20.